The van der Waals surface area contributed by atoms with E-state index in [2.05, 4.69) is 0 Å². The minimum absolute atomic E-state index is 0.204. The van der Waals surface area contributed by atoms with Crippen LogP contribution in [0, 0.1) is 11.3 Å². The zero-order chi connectivity index (χ0) is 9.56. The number of rotatable bonds is 1. The van der Waals surface area contributed by atoms with Gasteiger partial charge in [0.1, 0.15) is 0 Å². The highest BCUT2D eigenvalue weighted by atomic mass is 16.5. The van der Waals surface area contributed by atoms with Crippen molar-refractivity contribution in [2.24, 2.45) is 11.7 Å². The van der Waals surface area contributed by atoms with Gasteiger partial charge in [0.15, 0.2) is 0 Å². The minimum Gasteiger partial charge on any atom is -0.481 e. The van der Waals surface area contributed by atoms with Gasteiger partial charge in [0.25, 0.3) is 5.97 Å². The average Bonchev–Trinajstić information content (AvgIpc) is 2.34. The quantitative estimate of drug-likeness (QED) is 0.386. The van der Waals surface area contributed by atoms with Crippen molar-refractivity contribution in [3.8, 4) is 0 Å². The van der Waals surface area contributed by atoms with Gasteiger partial charge in [-0.2, -0.15) is 0 Å². The Balaban J connectivity index is 0.000000261. The lowest BCUT2D eigenvalue weighted by Gasteiger charge is -2.00. The summed E-state index contributed by atoms with van der Waals surface area (Å²) in [5.41, 5.74) is 5.20. The molecule has 5 nitrogen and oxygen atoms in total. The van der Waals surface area contributed by atoms with Gasteiger partial charge in [-0.25, -0.2) is 0 Å². The number of amidine groups is 1. The van der Waals surface area contributed by atoms with Crippen LogP contribution in [0.5, 0.6) is 0 Å². The molecule has 4 N–H and O–H groups in total. The van der Waals surface area contributed by atoms with E-state index in [0.29, 0.717) is 6.61 Å². The molecule has 1 fully saturated rings. The van der Waals surface area contributed by atoms with Crippen LogP contribution in [0.25, 0.3) is 0 Å². The summed E-state index contributed by atoms with van der Waals surface area (Å²) < 4.78 is 5.00. The van der Waals surface area contributed by atoms with E-state index in [1.54, 1.807) is 0 Å². The number of carboxylic acid groups (broad SMARTS) is 1. The van der Waals surface area contributed by atoms with Crippen molar-refractivity contribution in [2.45, 2.75) is 13.3 Å². The van der Waals surface area contributed by atoms with Crippen LogP contribution in [-0.4, -0.2) is 30.1 Å². The number of hydrogen-bond acceptors (Lipinski definition) is 3. The maximum Gasteiger partial charge on any atom is 0.300 e. The van der Waals surface area contributed by atoms with Crippen LogP contribution >= 0.6 is 0 Å². The monoisotopic (exact) mass is 174 g/mol. The molecule has 1 rings (SSSR count). The van der Waals surface area contributed by atoms with Gasteiger partial charge >= 0.3 is 0 Å². The van der Waals surface area contributed by atoms with Gasteiger partial charge in [-0.3, -0.25) is 10.2 Å². The summed E-state index contributed by atoms with van der Waals surface area (Å²) in [5, 5.41) is 14.4. The molecule has 0 saturated carbocycles. The molecule has 1 heterocycles. The van der Waals surface area contributed by atoms with Crippen LogP contribution in [0.2, 0.25) is 0 Å². The van der Waals surface area contributed by atoms with E-state index in [-0.39, 0.29) is 11.8 Å². The lowest BCUT2D eigenvalue weighted by molar-refractivity contribution is -0.134. The molecular weight excluding hydrogens is 160 g/mol. The van der Waals surface area contributed by atoms with E-state index in [1.807, 2.05) is 0 Å². The summed E-state index contributed by atoms with van der Waals surface area (Å²) in [5.74, 6) is -0.363. The lowest BCUT2D eigenvalue weighted by atomic mass is 10.1. The Kier molecular flexibility index (Phi) is 5.03. The van der Waals surface area contributed by atoms with Crippen molar-refractivity contribution in [3.05, 3.63) is 0 Å². The smallest absolute Gasteiger partial charge is 0.300 e. The Morgan fingerprint density at radius 3 is 2.42 bits per heavy atom. The third-order valence-corrected chi connectivity index (χ3v) is 1.37. The topological polar surface area (TPSA) is 96.4 Å². The van der Waals surface area contributed by atoms with Gasteiger partial charge < -0.3 is 15.6 Å². The Hall–Kier alpha value is -1.10. The first-order valence-electron chi connectivity index (χ1n) is 3.65. The summed E-state index contributed by atoms with van der Waals surface area (Å²) >= 11 is 0. The van der Waals surface area contributed by atoms with Gasteiger partial charge in [-0.15, -0.1) is 0 Å². The van der Waals surface area contributed by atoms with Crippen molar-refractivity contribution in [1.29, 1.82) is 5.41 Å². The van der Waals surface area contributed by atoms with E-state index in [1.165, 1.54) is 0 Å². The van der Waals surface area contributed by atoms with Gasteiger partial charge in [0, 0.05) is 19.4 Å². The first-order chi connectivity index (χ1) is 5.54. The molecule has 0 aromatic heterocycles. The first kappa shape index (κ1) is 10.9. The first-order valence-corrected chi connectivity index (χ1v) is 3.65. The van der Waals surface area contributed by atoms with Crippen molar-refractivity contribution in [1.82, 2.24) is 0 Å². The number of nitrogens with two attached hydrogens (primary N) is 1. The Morgan fingerprint density at radius 1 is 1.75 bits per heavy atom. The van der Waals surface area contributed by atoms with Crippen LogP contribution in [0.3, 0.4) is 0 Å². The zero-order valence-electron chi connectivity index (χ0n) is 7.04. The normalized spacial score (nSPS) is 20.9. The molecule has 1 aliphatic rings. The van der Waals surface area contributed by atoms with E-state index in [0.717, 1.165) is 20.0 Å². The fraction of sp³-hybridized carbons (Fsp3) is 0.714. The zero-order valence-corrected chi connectivity index (χ0v) is 7.04. The molecule has 0 aliphatic carbocycles. The maximum atomic E-state index is 9.00. The molecule has 0 bridgehead atoms. The standard InChI is InChI=1S/C5H10N2O.C2H4O2/c6-5(7)4-1-2-8-3-4;1-2(3)4/h4H,1-3H2,(H3,6,7);1H3,(H,3,4). The van der Waals surface area contributed by atoms with Crippen LogP contribution < -0.4 is 5.73 Å². The van der Waals surface area contributed by atoms with E-state index < -0.39 is 5.97 Å². The second-order valence-corrected chi connectivity index (χ2v) is 2.53. The molecule has 0 amide bonds. The second-order valence-electron chi connectivity index (χ2n) is 2.53. The molecule has 1 unspecified atom stereocenters. The summed E-state index contributed by atoms with van der Waals surface area (Å²) in [7, 11) is 0. The minimum atomic E-state index is -0.833. The van der Waals surface area contributed by atoms with Crippen LogP contribution in [-0.2, 0) is 9.53 Å². The fourth-order valence-electron chi connectivity index (χ4n) is 0.780. The number of hydrogen-bond donors (Lipinski definition) is 3. The Bertz CT molecular complexity index is 160. The number of carbonyl (C=O) groups is 1. The lowest BCUT2D eigenvalue weighted by Crippen LogP contribution is -2.21. The Labute approximate surface area is 71.0 Å². The summed E-state index contributed by atoms with van der Waals surface area (Å²) in [6.07, 6.45) is 0.926. The third kappa shape index (κ3) is 5.67. The highest BCUT2D eigenvalue weighted by molar-refractivity contribution is 5.79. The van der Waals surface area contributed by atoms with Gasteiger partial charge in [-0.05, 0) is 6.42 Å². The molecule has 0 spiro atoms. The molecule has 5 heteroatoms. The van der Waals surface area contributed by atoms with Crippen molar-refractivity contribution in [2.75, 3.05) is 13.2 Å². The largest absolute Gasteiger partial charge is 0.481 e. The van der Waals surface area contributed by atoms with Crippen LogP contribution in [0.15, 0.2) is 0 Å². The van der Waals surface area contributed by atoms with E-state index in [4.69, 9.17) is 25.8 Å². The van der Waals surface area contributed by atoms with E-state index >= 15 is 0 Å². The molecule has 70 valence electrons. The molecule has 0 aromatic carbocycles. The summed E-state index contributed by atoms with van der Waals surface area (Å²) in [4.78, 5) is 9.00. The average molecular weight is 174 g/mol. The predicted octanol–water partition coefficient (Wildman–Crippen LogP) is 0.0498. The van der Waals surface area contributed by atoms with Crippen molar-refractivity contribution in [3.63, 3.8) is 0 Å². The molecule has 1 aliphatic heterocycles. The summed E-state index contributed by atoms with van der Waals surface area (Å²) in [6, 6.07) is 0. The molecular formula is C7H14N2O3. The number of aliphatic carboxylic acids is 1. The SMILES string of the molecule is CC(=O)O.N=C(N)C1CCOC1. The molecule has 0 radical (unpaired) electrons. The third-order valence-electron chi connectivity index (χ3n) is 1.37. The summed E-state index contributed by atoms with van der Waals surface area (Å²) in [6.45, 7) is 2.50. The van der Waals surface area contributed by atoms with Gasteiger partial charge in [0.05, 0.1) is 12.4 Å². The Morgan fingerprint density at radius 2 is 2.25 bits per heavy atom. The van der Waals surface area contributed by atoms with Crippen LogP contribution in [0.1, 0.15) is 13.3 Å². The second kappa shape index (κ2) is 5.54. The molecule has 0 aromatic rings. The van der Waals surface area contributed by atoms with Crippen LogP contribution in [0.4, 0.5) is 0 Å². The molecule has 1 saturated heterocycles. The van der Waals surface area contributed by atoms with Crippen molar-refractivity contribution >= 4 is 11.8 Å². The number of carboxylic acids is 1. The molecule has 1 atom stereocenters. The number of ether oxygens (including phenoxy) is 1. The van der Waals surface area contributed by atoms with Gasteiger partial charge in [0.2, 0.25) is 0 Å². The highest BCUT2D eigenvalue weighted by Crippen LogP contribution is 2.10. The predicted molar refractivity (Wildman–Crippen MR) is 44.1 cm³/mol. The fourth-order valence-corrected chi connectivity index (χ4v) is 0.780. The number of nitrogens with one attached hydrogen (secondary N) is 1. The maximum absolute atomic E-state index is 9.00. The molecule has 12 heavy (non-hydrogen) atoms. The van der Waals surface area contributed by atoms with Gasteiger partial charge in [-0.1, -0.05) is 0 Å². The highest BCUT2D eigenvalue weighted by Gasteiger charge is 2.17. The van der Waals surface area contributed by atoms with Crippen molar-refractivity contribution < 1.29 is 14.6 Å². The van der Waals surface area contributed by atoms with E-state index in [9.17, 15) is 0 Å².